The van der Waals surface area contributed by atoms with Crippen molar-refractivity contribution in [3.63, 3.8) is 0 Å². The predicted octanol–water partition coefficient (Wildman–Crippen LogP) is 2.10. The number of aromatic carboxylic acids is 1. The molecule has 5 nitrogen and oxygen atoms in total. The molecule has 2 heterocycles. The maximum atomic E-state index is 10.8. The average Bonchev–Trinajstić information content (AvgIpc) is 2.38. The number of anilines is 1. The maximum absolute atomic E-state index is 10.8. The number of aromatic nitrogens is 2. The molecule has 0 radical (unpaired) electrons. The summed E-state index contributed by atoms with van der Waals surface area (Å²) in [4.78, 5) is 18.7. The van der Waals surface area contributed by atoms with E-state index in [0.717, 1.165) is 16.9 Å². The largest absolute Gasteiger partial charge is 0.477 e. The number of hydrogen-bond donors (Lipinski definition) is 2. The summed E-state index contributed by atoms with van der Waals surface area (Å²) in [5.41, 5.74) is 2.76. The second-order valence-corrected chi connectivity index (χ2v) is 3.90. The Labute approximate surface area is 105 Å². The van der Waals surface area contributed by atoms with Gasteiger partial charge in [-0.05, 0) is 30.7 Å². The maximum Gasteiger partial charge on any atom is 0.354 e. The highest BCUT2D eigenvalue weighted by Crippen LogP contribution is 2.10. The van der Waals surface area contributed by atoms with Crippen molar-refractivity contribution in [1.29, 1.82) is 0 Å². The van der Waals surface area contributed by atoms with Crippen molar-refractivity contribution >= 4 is 11.7 Å². The second-order valence-electron chi connectivity index (χ2n) is 3.90. The highest BCUT2D eigenvalue weighted by Gasteiger charge is 2.04. The van der Waals surface area contributed by atoms with E-state index in [1.165, 1.54) is 12.3 Å². The molecule has 18 heavy (non-hydrogen) atoms. The molecule has 0 fully saturated rings. The molecule has 2 aromatic heterocycles. The molecule has 0 aliphatic heterocycles. The summed E-state index contributed by atoms with van der Waals surface area (Å²) < 4.78 is 0. The van der Waals surface area contributed by atoms with Crippen LogP contribution in [0.25, 0.3) is 0 Å². The first-order chi connectivity index (χ1) is 8.65. The van der Waals surface area contributed by atoms with Crippen molar-refractivity contribution < 1.29 is 9.90 Å². The lowest BCUT2D eigenvalue weighted by molar-refractivity contribution is 0.0690. The van der Waals surface area contributed by atoms with Gasteiger partial charge in [0.2, 0.25) is 0 Å². The molecule has 0 saturated carbocycles. The quantitative estimate of drug-likeness (QED) is 0.860. The van der Waals surface area contributed by atoms with E-state index in [0.29, 0.717) is 6.54 Å². The van der Waals surface area contributed by atoms with Crippen molar-refractivity contribution in [3.8, 4) is 0 Å². The molecule has 0 aliphatic carbocycles. The zero-order valence-electron chi connectivity index (χ0n) is 9.92. The lowest BCUT2D eigenvalue weighted by Gasteiger charge is -2.06. The van der Waals surface area contributed by atoms with Gasteiger partial charge in [-0.1, -0.05) is 6.07 Å². The molecule has 0 spiro atoms. The third-order valence-electron chi connectivity index (χ3n) is 2.45. The number of pyridine rings is 2. The number of carboxylic acid groups (broad SMARTS) is 1. The molecular formula is C13H13N3O2. The number of hydrogen-bond acceptors (Lipinski definition) is 4. The Hall–Kier alpha value is -2.43. The van der Waals surface area contributed by atoms with Crippen LogP contribution in [-0.2, 0) is 6.54 Å². The van der Waals surface area contributed by atoms with E-state index in [-0.39, 0.29) is 5.69 Å². The van der Waals surface area contributed by atoms with Crippen LogP contribution in [-0.4, -0.2) is 21.0 Å². The summed E-state index contributed by atoms with van der Waals surface area (Å²) in [5, 5.41) is 12.0. The summed E-state index contributed by atoms with van der Waals surface area (Å²) in [6, 6.07) is 7.15. The first-order valence-electron chi connectivity index (χ1n) is 5.50. The summed E-state index contributed by atoms with van der Waals surface area (Å²) in [6.45, 7) is 2.52. The van der Waals surface area contributed by atoms with E-state index in [1.54, 1.807) is 12.3 Å². The number of carbonyl (C=O) groups is 1. The van der Waals surface area contributed by atoms with Crippen LogP contribution in [0.5, 0.6) is 0 Å². The van der Waals surface area contributed by atoms with E-state index in [1.807, 2.05) is 19.1 Å². The van der Waals surface area contributed by atoms with Crippen molar-refractivity contribution in [1.82, 2.24) is 9.97 Å². The zero-order valence-corrected chi connectivity index (χ0v) is 9.92. The Morgan fingerprint density at radius 3 is 2.83 bits per heavy atom. The van der Waals surface area contributed by atoms with Crippen molar-refractivity contribution in [2.45, 2.75) is 13.5 Å². The van der Waals surface area contributed by atoms with Gasteiger partial charge in [-0.25, -0.2) is 9.78 Å². The van der Waals surface area contributed by atoms with Crippen LogP contribution >= 0.6 is 0 Å². The van der Waals surface area contributed by atoms with Gasteiger partial charge in [-0.2, -0.15) is 0 Å². The Morgan fingerprint density at radius 1 is 1.33 bits per heavy atom. The number of aryl methyl sites for hydroxylation is 1. The minimum Gasteiger partial charge on any atom is -0.477 e. The summed E-state index contributed by atoms with van der Waals surface area (Å²) >= 11 is 0. The number of carboxylic acids is 1. The highest BCUT2D eigenvalue weighted by molar-refractivity contribution is 5.86. The predicted molar refractivity (Wildman–Crippen MR) is 67.5 cm³/mol. The highest BCUT2D eigenvalue weighted by atomic mass is 16.4. The van der Waals surface area contributed by atoms with Gasteiger partial charge >= 0.3 is 5.97 Å². The van der Waals surface area contributed by atoms with E-state index in [2.05, 4.69) is 15.3 Å². The average molecular weight is 243 g/mol. The monoisotopic (exact) mass is 243 g/mol. The fourth-order valence-corrected chi connectivity index (χ4v) is 1.46. The molecule has 0 atom stereocenters. The fourth-order valence-electron chi connectivity index (χ4n) is 1.46. The molecule has 0 bridgehead atoms. The molecule has 2 N–H and O–H groups in total. The van der Waals surface area contributed by atoms with Crippen LogP contribution in [0, 0.1) is 6.92 Å². The van der Waals surface area contributed by atoms with Crippen LogP contribution in [0.15, 0.2) is 36.7 Å². The van der Waals surface area contributed by atoms with Crippen molar-refractivity contribution in [2.75, 3.05) is 5.32 Å². The Morgan fingerprint density at radius 2 is 2.17 bits per heavy atom. The molecular weight excluding hydrogens is 230 g/mol. The first-order valence-corrected chi connectivity index (χ1v) is 5.50. The van der Waals surface area contributed by atoms with Gasteiger partial charge in [0.05, 0.1) is 0 Å². The third-order valence-corrected chi connectivity index (χ3v) is 2.45. The molecule has 0 amide bonds. The molecule has 0 aromatic carbocycles. The number of nitrogens with zero attached hydrogens (tertiary/aromatic N) is 2. The van der Waals surface area contributed by atoms with Crippen LogP contribution in [0.2, 0.25) is 0 Å². The van der Waals surface area contributed by atoms with Crippen molar-refractivity contribution in [2.24, 2.45) is 0 Å². The number of rotatable bonds is 4. The van der Waals surface area contributed by atoms with E-state index >= 15 is 0 Å². The van der Waals surface area contributed by atoms with Crippen LogP contribution in [0.1, 0.15) is 21.7 Å². The van der Waals surface area contributed by atoms with E-state index < -0.39 is 5.97 Å². The molecule has 2 aromatic rings. The molecule has 2 rings (SSSR count). The Kier molecular flexibility index (Phi) is 3.52. The van der Waals surface area contributed by atoms with Gasteiger partial charge in [0.25, 0.3) is 0 Å². The lowest BCUT2D eigenvalue weighted by Crippen LogP contribution is -2.04. The molecule has 0 aliphatic rings. The van der Waals surface area contributed by atoms with Gasteiger partial charge in [0.15, 0.2) is 0 Å². The smallest absolute Gasteiger partial charge is 0.354 e. The topological polar surface area (TPSA) is 75.1 Å². The third kappa shape index (κ3) is 3.04. The Bertz CT molecular complexity index is 552. The minimum absolute atomic E-state index is 0.0297. The van der Waals surface area contributed by atoms with Gasteiger partial charge < -0.3 is 10.4 Å². The minimum atomic E-state index is -1.03. The van der Waals surface area contributed by atoms with Gasteiger partial charge in [0, 0.05) is 30.3 Å². The summed E-state index contributed by atoms with van der Waals surface area (Å²) in [7, 11) is 0. The van der Waals surface area contributed by atoms with Gasteiger partial charge in [0.1, 0.15) is 5.69 Å². The lowest BCUT2D eigenvalue weighted by atomic mass is 10.2. The standard InChI is InChI=1S/C13H13N3O2/c1-9-2-3-10(7-15-9)8-16-11-4-5-14-12(6-11)13(17)18/h2-7H,8H2,1H3,(H,14,16)(H,17,18). The van der Waals surface area contributed by atoms with Crippen LogP contribution in [0.4, 0.5) is 5.69 Å². The van der Waals surface area contributed by atoms with Crippen LogP contribution in [0.3, 0.4) is 0 Å². The molecule has 5 heteroatoms. The number of nitrogens with one attached hydrogen (secondary N) is 1. The second kappa shape index (κ2) is 5.27. The van der Waals surface area contributed by atoms with Crippen molar-refractivity contribution in [3.05, 3.63) is 53.6 Å². The SMILES string of the molecule is Cc1ccc(CNc2ccnc(C(=O)O)c2)cn1. The first kappa shape index (κ1) is 12.0. The van der Waals surface area contributed by atoms with Gasteiger partial charge in [-0.3, -0.25) is 4.98 Å². The van der Waals surface area contributed by atoms with Gasteiger partial charge in [-0.15, -0.1) is 0 Å². The normalized spacial score (nSPS) is 10.1. The molecule has 0 unspecified atom stereocenters. The zero-order chi connectivity index (χ0) is 13.0. The van der Waals surface area contributed by atoms with E-state index in [9.17, 15) is 4.79 Å². The fraction of sp³-hybridized carbons (Fsp3) is 0.154. The van der Waals surface area contributed by atoms with E-state index in [4.69, 9.17) is 5.11 Å². The summed E-state index contributed by atoms with van der Waals surface area (Å²) in [5.74, 6) is -1.03. The van der Waals surface area contributed by atoms with Crippen LogP contribution < -0.4 is 5.32 Å². The summed E-state index contributed by atoms with van der Waals surface area (Å²) in [6.07, 6.45) is 3.26. The molecule has 92 valence electrons. The Balaban J connectivity index is 2.04. The molecule has 0 saturated heterocycles.